The van der Waals surface area contributed by atoms with Crippen molar-refractivity contribution < 1.29 is 4.74 Å². The second kappa shape index (κ2) is 11.5. The van der Waals surface area contributed by atoms with E-state index in [4.69, 9.17) is 4.74 Å². The lowest BCUT2D eigenvalue weighted by molar-refractivity contribution is 0.416. The van der Waals surface area contributed by atoms with Crippen LogP contribution in [0.5, 0.6) is 5.75 Å². The van der Waals surface area contributed by atoms with Gasteiger partial charge in [0, 0.05) is 16.7 Å². The second-order valence-corrected chi connectivity index (χ2v) is 7.98. The molecule has 1 heterocycles. The normalized spacial score (nSPS) is 11.4. The number of hydrogen-bond donors (Lipinski definition) is 1. The smallest absolute Gasteiger partial charge is 0.270 e. The molecule has 0 atom stereocenters. The Kier molecular flexibility index (Phi) is 7.33. The highest BCUT2D eigenvalue weighted by molar-refractivity contribution is 5.99. The number of aromatic nitrogens is 2. The number of amidine groups is 1. The second-order valence-electron chi connectivity index (χ2n) is 7.98. The third-order valence-corrected chi connectivity index (χ3v) is 5.51. The molecule has 7 heteroatoms. The summed E-state index contributed by atoms with van der Waals surface area (Å²) in [5.74, 6) is 1.28. The van der Waals surface area contributed by atoms with E-state index >= 15 is 0 Å². The summed E-state index contributed by atoms with van der Waals surface area (Å²) in [5, 5.41) is 13.4. The summed E-state index contributed by atoms with van der Waals surface area (Å²) in [6, 6.07) is 39.0. The summed E-state index contributed by atoms with van der Waals surface area (Å²) < 4.78 is 5.42. The van der Waals surface area contributed by atoms with Crippen LogP contribution < -0.4 is 10.2 Å². The molecule has 0 fully saturated rings. The van der Waals surface area contributed by atoms with Gasteiger partial charge in [0.25, 0.3) is 5.95 Å². The average Bonchev–Trinajstić information content (AvgIpc) is 2.98. The zero-order valence-corrected chi connectivity index (χ0v) is 20.2. The molecule has 0 aliphatic heterocycles. The van der Waals surface area contributed by atoms with Gasteiger partial charge in [-0.3, -0.25) is 5.43 Å². The molecule has 5 rings (SSSR count). The van der Waals surface area contributed by atoms with E-state index in [0.29, 0.717) is 17.3 Å². The molecule has 0 bridgehead atoms. The summed E-state index contributed by atoms with van der Waals surface area (Å²) in [4.78, 5) is 9.35. The summed E-state index contributed by atoms with van der Waals surface area (Å²) in [5.41, 5.74) is 7.99. The first kappa shape index (κ1) is 23.6. The van der Waals surface area contributed by atoms with Gasteiger partial charge < -0.3 is 4.74 Å². The van der Waals surface area contributed by atoms with E-state index in [-0.39, 0.29) is 5.95 Å². The maximum atomic E-state index is 5.42. The molecule has 0 aliphatic carbocycles. The fraction of sp³-hybridized carbons (Fsp3) is 0.0333. The van der Waals surface area contributed by atoms with Crippen LogP contribution in [-0.4, -0.2) is 22.9 Å². The van der Waals surface area contributed by atoms with Gasteiger partial charge >= 0.3 is 0 Å². The van der Waals surface area contributed by atoms with Crippen LogP contribution in [0.15, 0.2) is 137 Å². The fourth-order valence-corrected chi connectivity index (χ4v) is 3.67. The van der Waals surface area contributed by atoms with E-state index in [1.165, 1.54) is 0 Å². The van der Waals surface area contributed by atoms with Crippen LogP contribution >= 0.6 is 0 Å². The topological polar surface area (TPSA) is 84.1 Å². The highest BCUT2D eigenvalue weighted by atomic mass is 16.5. The fourth-order valence-electron chi connectivity index (χ4n) is 3.67. The van der Waals surface area contributed by atoms with Crippen molar-refractivity contribution >= 4 is 17.5 Å². The summed E-state index contributed by atoms with van der Waals surface area (Å²) in [6.45, 7) is 0. The number of nitrogens with zero attached hydrogens (tertiary/aromatic N) is 5. The van der Waals surface area contributed by atoms with E-state index in [0.717, 1.165) is 28.1 Å². The zero-order valence-electron chi connectivity index (χ0n) is 20.2. The largest absolute Gasteiger partial charge is 0.495 e. The van der Waals surface area contributed by atoms with E-state index in [1.54, 1.807) is 7.11 Å². The van der Waals surface area contributed by atoms with Gasteiger partial charge in [0.2, 0.25) is 5.84 Å². The number of anilines is 1. The van der Waals surface area contributed by atoms with E-state index in [1.807, 2.05) is 121 Å². The monoisotopic (exact) mass is 484 g/mol. The molecule has 1 N–H and O–H groups in total. The molecule has 0 amide bonds. The Bertz CT molecular complexity index is 1460. The Balaban J connectivity index is 1.54. The van der Waals surface area contributed by atoms with E-state index < -0.39 is 0 Å². The van der Waals surface area contributed by atoms with Crippen molar-refractivity contribution in [1.29, 1.82) is 0 Å². The van der Waals surface area contributed by atoms with Gasteiger partial charge in [0.1, 0.15) is 5.75 Å². The minimum Gasteiger partial charge on any atom is -0.495 e. The van der Waals surface area contributed by atoms with Crippen LogP contribution in [0, 0.1) is 0 Å². The third-order valence-electron chi connectivity index (χ3n) is 5.51. The van der Waals surface area contributed by atoms with Crippen LogP contribution in [-0.2, 0) is 0 Å². The Morgan fingerprint density at radius 1 is 0.676 bits per heavy atom. The lowest BCUT2D eigenvalue weighted by atomic mass is 10.1. The molecule has 0 unspecified atom stereocenters. The van der Waals surface area contributed by atoms with Gasteiger partial charge in [0.15, 0.2) is 0 Å². The molecule has 37 heavy (non-hydrogen) atoms. The van der Waals surface area contributed by atoms with Gasteiger partial charge in [-0.15, -0.1) is 10.2 Å². The molecule has 5 aromatic rings. The molecule has 0 saturated carbocycles. The summed E-state index contributed by atoms with van der Waals surface area (Å²) in [7, 11) is 1.61. The molecule has 7 nitrogen and oxygen atoms in total. The number of rotatable bonds is 7. The molecular weight excluding hydrogens is 460 g/mol. The molecule has 4 aromatic carbocycles. The van der Waals surface area contributed by atoms with Gasteiger partial charge in [-0.2, -0.15) is 5.10 Å². The average molecular weight is 485 g/mol. The van der Waals surface area contributed by atoms with E-state index in [9.17, 15) is 0 Å². The minimum absolute atomic E-state index is 0.237. The third kappa shape index (κ3) is 5.91. The summed E-state index contributed by atoms with van der Waals surface area (Å²) in [6.07, 6.45) is 0. The lowest BCUT2D eigenvalue weighted by Gasteiger charge is -2.08. The van der Waals surface area contributed by atoms with Crippen molar-refractivity contribution in [2.24, 2.45) is 15.3 Å². The van der Waals surface area contributed by atoms with Crippen molar-refractivity contribution in [3.05, 3.63) is 127 Å². The molecule has 0 aliphatic rings. The van der Waals surface area contributed by atoms with Crippen molar-refractivity contribution in [1.82, 2.24) is 9.97 Å². The van der Waals surface area contributed by atoms with Crippen LogP contribution in [0.4, 0.5) is 11.6 Å². The number of para-hydroxylation sites is 2. The maximum Gasteiger partial charge on any atom is 0.270 e. The minimum atomic E-state index is 0.237. The van der Waals surface area contributed by atoms with Gasteiger partial charge in [-0.05, 0) is 18.2 Å². The van der Waals surface area contributed by atoms with Gasteiger partial charge in [-0.1, -0.05) is 103 Å². The standard InChI is InChI=1S/C30H24N6O/c1-37-28-20-12-11-19-25(28)33-34-29(24-17-9-4-10-18-24)35-36-30-31-26(22-13-5-2-6-14-22)21-27(32-30)23-15-7-3-8-16-23/h2-21,33H,1H3/b34-29+,36-35?. The molecule has 0 spiro atoms. The quantitative estimate of drug-likeness (QED) is 0.113. The number of hydrazone groups is 1. The zero-order chi connectivity index (χ0) is 25.3. The van der Waals surface area contributed by atoms with Crippen molar-refractivity contribution in [3.63, 3.8) is 0 Å². The molecule has 0 radical (unpaired) electrons. The molecule has 0 saturated heterocycles. The van der Waals surface area contributed by atoms with Crippen molar-refractivity contribution in [3.8, 4) is 28.3 Å². The number of ether oxygens (including phenoxy) is 1. The van der Waals surface area contributed by atoms with Crippen molar-refractivity contribution in [2.75, 3.05) is 12.5 Å². The Morgan fingerprint density at radius 3 is 1.81 bits per heavy atom. The SMILES string of the molecule is COc1ccccc1N/N=C(/N=Nc1nc(-c2ccccc2)cc(-c2ccccc2)n1)c1ccccc1. The Labute approximate surface area is 215 Å². The number of nitrogens with one attached hydrogen (secondary N) is 1. The predicted octanol–water partition coefficient (Wildman–Crippen LogP) is 7.38. The predicted molar refractivity (Wildman–Crippen MR) is 147 cm³/mol. The highest BCUT2D eigenvalue weighted by Crippen LogP contribution is 2.26. The Hall–Kier alpha value is -5.17. The van der Waals surface area contributed by atoms with Gasteiger partial charge in [-0.25, -0.2) is 9.97 Å². The molecule has 1 aromatic heterocycles. The molecule has 180 valence electrons. The van der Waals surface area contributed by atoms with Crippen LogP contribution in [0.25, 0.3) is 22.5 Å². The van der Waals surface area contributed by atoms with E-state index in [2.05, 4.69) is 30.7 Å². The van der Waals surface area contributed by atoms with Crippen LogP contribution in [0.2, 0.25) is 0 Å². The summed E-state index contributed by atoms with van der Waals surface area (Å²) >= 11 is 0. The highest BCUT2D eigenvalue weighted by Gasteiger charge is 2.10. The maximum absolute atomic E-state index is 5.42. The first-order valence-electron chi connectivity index (χ1n) is 11.7. The number of benzene rings is 4. The number of azo groups is 1. The van der Waals surface area contributed by atoms with Gasteiger partial charge in [0.05, 0.1) is 24.2 Å². The Morgan fingerprint density at radius 2 is 1.22 bits per heavy atom. The first-order chi connectivity index (χ1) is 18.3. The van der Waals surface area contributed by atoms with Crippen LogP contribution in [0.1, 0.15) is 5.56 Å². The number of methoxy groups -OCH3 is 1. The first-order valence-corrected chi connectivity index (χ1v) is 11.7. The van der Waals surface area contributed by atoms with Crippen molar-refractivity contribution in [2.45, 2.75) is 0 Å². The lowest BCUT2D eigenvalue weighted by Crippen LogP contribution is -2.02. The molecular formula is C30H24N6O. The van der Waals surface area contributed by atoms with Crippen LogP contribution in [0.3, 0.4) is 0 Å². The number of hydrogen-bond acceptors (Lipinski definition) is 6.